The van der Waals surface area contributed by atoms with Gasteiger partial charge in [-0.1, -0.05) is 30.0 Å². The van der Waals surface area contributed by atoms with Crippen LogP contribution in [-0.4, -0.2) is 45.8 Å². The van der Waals surface area contributed by atoms with Gasteiger partial charge >= 0.3 is 0 Å². The number of rotatable bonds is 7. The first-order valence-corrected chi connectivity index (χ1v) is 9.59. The molecule has 1 atom stereocenters. The molecule has 1 fully saturated rings. The van der Waals surface area contributed by atoms with Gasteiger partial charge in [-0.3, -0.25) is 4.79 Å². The van der Waals surface area contributed by atoms with Crippen LogP contribution in [0.4, 0.5) is 0 Å². The van der Waals surface area contributed by atoms with Gasteiger partial charge in [0.05, 0.1) is 6.42 Å². The van der Waals surface area contributed by atoms with E-state index in [9.17, 15) is 4.79 Å². The Balaban J connectivity index is 1.80. The number of piperidine rings is 1. The smallest absolute Gasteiger partial charge is 0.174 e. The molecule has 0 aliphatic carbocycles. The van der Waals surface area contributed by atoms with Gasteiger partial charge < -0.3 is 4.90 Å². The lowest BCUT2D eigenvalue weighted by Gasteiger charge is -2.35. The summed E-state index contributed by atoms with van der Waals surface area (Å²) in [4.78, 5) is 14.7. The standard InChI is InChI=1S/C15H25N3OS2/c1-4-20-15-17-16-14(21-15)9-13(19)8-12-6-5-7-18(10-12)11(2)3/h11-12H,4-10H2,1-3H3/t12-/m0/s1. The Morgan fingerprint density at radius 1 is 1.48 bits per heavy atom. The molecule has 1 aliphatic heterocycles. The maximum Gasteiger partial charge on any atom is 0.174 e. The van der Waals surface area contributed by atoms with Crippen LogP contribution in [0.25, 0.3) is 0 Å². The van der Waals surface area contributed by atoms with Gasteiger partial charge in [-0.25, -0.2) is 0 Å². The Morgan fingerprint density at radius 2 is 2.29 bits per heavy atom. The molecule has 0 spiro atoms. The molecule has 0 bridgehead atoms. The summed E-state index contributed by atoms with van der Waals surface area (Å²) in [5.41, 5.74) is 0. The van der Waals surface area contributed by atoms with Crippen LogP contribution in [-0.2, 0) is 11.2 Å². The van der Waals surface area contributed by atoms with Gasteiger partial charge in [-0.05, 0) is 44.9 Å². The van der Waals surface area contributed by atoms with Gasteiger partial charge in [-0.2, -0.15) is 0 Å². The highest BCUT2D eigenvalue weighted by atomic mass is 32.2. The van der Waals surface area contributed by atoms with E-state index in [1.807, 2.05) is 0 Å². The molecule has 1 aromatic heterocycles. The van der Waals surface area contributed by atoms with Crippen molar-refractivity contribution in [2.24, 2.45) is 5.92 Å². The summed E-state index contributed by atoms with van der Waals surface area (Å²) in [5, 5.41) is 9.11. The molecule has 0 unspecified atom stereocenters. The minimum Gasteiger partial charge on any atom is -0.301 e. The molecule has 1 saturated heterocycles. The quantitative estimate of drug-likeness (QED) is 0.719. The fourth-order valence-corrected chi connectivity index (χ4v) is 4.61. The Morgan fingerprint density at radius 3 is 3.00 bits per heavy atom. The number of carbonyl (C=O) groups excluding carboxylic acids is 1. The number of nitrogens with zero attached hydrogens (tertiary/aromatic N) is 3. The van der Waals surface area contributed by atoms with Crippen molar-refractivity contribution < 1.29 is 4.79 Å². The van der Waals surface area contributed by atoms with Crippen LogP contribution >= 0.6 is 23.1 Å². The van der Waals surface area contributed by atoms with Crippen molar-refractivity contribution in [3.8, 4) is 0 Å². The van der Waals surface area contributed by atoms with Crippen LogP contribution in [0.3, 0.4) is 0 Å². The third-order valence-electron chi connectivity index (χ3n) is 3.86. The first-order valence-electron chi connectivity index (χ1n) is 7.79. The molecule has 6 heteroatoms. The van der Waals surface area contributed by atoms with Crippen molar-refractivity contribution >= 4 is 28.9 Å². The third kappa shape index (κ3) is 5.34. The van der Waals surface area contributed by atoms with E-state index in [1.54, 1.807) is 23.1 Å². The average Bonchev–Trinajstić information content (AvgIpc) is 2.86. The number of hydrogen-bond acceptors (Lipinski definition) is 6. The molecule has 2 heterocycles. The number of thioether (sulfide) groups is 1. The summed E-state index contributed by atoms with van der Waals surface area (Å²) in [6, 6.07) is 0.583. The Bertz CT molecular complexity index is 462. The normalized spacial score (nSPS) is 20.1. The number of aromatic nitrogens is 2. The minimum absolute atomic E-state index is 0.315. The average molecular weight is 328 g/mol. The Kier molecular flexibility index (Phi) is 6.64. The number of carbonyl (C=O) groups is 1. The number of hydrogen-bond donors (Lipinski definition) is 0. The second-order valence-corrected chi connectivity index (χ2v) is 8.48. The molecule has 0 radical (unpaired) electrons. The molecule has 0 N–H and O–H groups in total. The molecule has 118 valence electrons. The lowest BCUT2D eigenvalue weighted by atomic mass is 9.91. The first kappa shape index (κ1) is 16.9. The van der Waals surface area contributed by atoms with Gasteiger partial charge in [0.25, 0.3) is 0 Å². The zero-order valence-corrected chi connectivity index (χ0v) is 14.8. The first-order chi connectivity index (χ1) is 10.1. The summed E-state index contributed by atoms with van der Waals surface area (Å²) in [6.45, 7) is 8.81. The van der Waals surface area contributed by atoms with E-state index < -0.39 is 0 Å². The lowest BCUT2D eigenvalue weighted by molar-refractivity contribution is -0.119. The van der Waals surface area contributed by atoms with E-state index in [0.29, 0.717) is 30.6 Å². The zero-order valence-electron chi connectivity index (χ0n) is 13.2. The number of Topliss-reactive ketones (excluding diaryl/α,β-unsaturated/α-hetero) is 1. The second kappa shape index (κ2) is 8.25. The van der Waals surface area contributed by atoms with Crippen molar-refractivity contribution in [1.29, 1.82) is 0 Å². The number of likely N-dealkylation sites (tertiary alicyclic amines) is 1. The maximum absolute atomic E-state index is 12.2. The molecule has 4 nitrogen and oxygen atoms in total. The monoisotopic (exact) mass is 327 g/mol. The molecule has 0 amide bonds. The van der Waals surface area contributed by atoms with Gasteiger partial charge in [0.1, 0.15) is 10.8 Å². The molecular formula is C15H25N3OS2. The SMILES string of the molecule is CCSc1nnc(CC(=O)C[C@@H]2CCCN(C(C)C)C2)s1. The molecule has 0 saturated carbocycles. The Labute approximate surface area is 135 Å². The molecule has 1 aromatic rings. The fraction of sp³-hybridized carbons (Fsp3) is 0.800. The van der Waals surface area contributed by atoms with E-state index >= 15 is 0 Å². The fourth-order valence-electron chi connectivity index (χ4n) is 2.79. The molecular weight excluding hydrogens is 302 g/mol. The summed E-state index contributed by atoms with van der Waals surface area (Å²) in [7, 11) is 0. The van der Waals surface area contributed by atoms with Gasteiger partial charge in [0.15, 0.2) is 4.34 Å². The molecule has 21 heavy (non-hydrogen) atoms. The van der Waals surface area contributed by atoms with Crippen molar-refractivity contribution in [2.75, 3.05) is 18.8 Å². The van der Waals surface area contributed by atoms with Gasteiger partial charge in [-0.15, -0.1) is 10.2 Å². The van der Waals surface area contributed by atoms with E-state index in [2.05, 4.69) is 35.9 Å². The van der Waals surface area contributed by atoms with E-state index in [-0.39, 0.29) is 0 Å². The van der Waals surface area contributed by atoms with Crippen molar-refractivity contribution in [3.05, 3.63) is 5.01 Å². The predicted octanol–water partition coefficient (Wildman–Crippen LogP) is 3.27. The summed E-state index contributed by atoms with van der Waals surface area (Å²) in [5.74, 6) is 1.83. The highest BCUT2D eigenvalue weighted by Gasteiger charge is 2.24. The van der Waals surface area contributed by atoms with Gasteiger partial charge in [0.2, 0.25) is 0 Å². The van der Waals surface area contributed by atoms with Crippen molar-refractivity contribution in [2.45, 2.75) is 56.8 Å². The lowest BCUT2D eigenvalue weighted by Crippen LogP contribution is -2.40. The van der Waals surface area contributed by atoms with Crippen molar-refractivity contribution in [1.82, 2.24) is 15.1 Å². The maximum atomic E-state index is 12.2. The minimum atomic E-state index is 0.315. The largest absolute Gasteiger partial charge is 0.301 e. The molecule has 0 aromatic carbocycles. The number of ketones is 1. The van der Waals surface area contributed by atoms with E-state index in [0.717, 1.165) is 21.6 Å². The zero-order chi connectivity index (χ0) is 15.2. The summed E-state index contributed by atoms with van der Waals surface area (Å²) < 4.78 is 0.976. The van der Waals surface area contributed by atoms with Crippen LogP contribution < -0.4 is 0 Å². The molecule has 2 rings (SSSR count). The van der Waals surface area contributed by atoms with Crippen LogP contribution in [0.2, 0.25) is 0 Å². The summed E-state index contributed by atoms with van der Waals surface area (Å²) >= 11 is 3.25. The van der Waals surface area contributed by atoms with E-state index in [4.69, 9.17) is 0 Å². The van der Waals surface area contributed by atoms with Crippen LogP contribution in [0.5, 0.6) is 0 Å². The third-order valence-corrected chi connectivity index (χ3v) is 5.80. The van der Waals surface area contributed by atoms with Crippen LogP contribution in [0.1, 0.15) is 45.0 Å². The van der Waals surface area contributed by atoms with Crippen LogP contribution in [0, 0.1) is 5.92 Å². The highest BCUT2D eigenvalue weighted by Crippen LogP contribution is 2.24. The highest BCUT2D eigenvalue weighted by molar-refractivity contribution is 8.00. The molecule has 1 aliphatic rings. The predicted molar refractivity (Wildman–Crippen MR) is 89.1 cm³/mol. The topological polar surface area (TPSA) is 46.1 Å². The van der Waals surface area contributed by atoms with Crippen molar-refractivity contribution in [3.63, 3.8) is 0 Å². The Hall–Kier alpha value is -0.460. The van der Waals surface area contributed by atoms with Crippen LogP contribution in [0.15, 0.2) is 4.34 Å². The second-order valence-electron chi connectivity index (χ2n) is 5.91. The van der Waals surface area contributed by atoms with Gasteiger partial charge in [0, 0.05) is 19.0 Å². The van der Waals surface area contributed by atoms with E-state index in [1.165, 1.54) is 19.4 Å². The summed E-state index contributed by atoms with van der Waals surface area (Å²) in [6.07, 6.45) is 3.55.